The number of halogens is 3. The number of rotatable bonds is 8. The normalized spacial score (nSPS) is 11.1. The quantitative estimate of drug-likeness (QED) is 0.272. The smallest absolute Gasteiger partial charge is 0.360 e. The van der Waals surface area contributed by atoms with Gasteiger partial charge in [0.25, 0.3) is 5.69 Å². The van der Waals surface area contributed by atoms with Crippen molar-refractivity contribution < 1.29 is 23.0 Å². The zero-order valence-electron chi connectivity index (χ0n) is 13.9. The molecular weight excluding hydrogens is 377 g/mol. The van der Waals surface area contributed by atoms with E-state index in [0.717, 1.165) is 0 Å². The van der Waals surface area contributed by atoms with Crippen molar-refractivity contribution in [3.05, 3.63) is 31.9 Å². The zero-order chi connectivity index (χ0) is 20.1. The largest absolute Gasteiger partial charge is 0.418 e. The van der Waals surface area contributed by atoms with Gasteiger partial charge in [-0.2, -0.15) is 18.4 Å². The molecule has 0 spiro atoms. The summed E-state index contributed by atoms with van der Waals surface area (Å²) in [5.41, 5.74) is -4.15. The Bertz CT molecular complexity index is 743. The molecule has 0 N–H and O–H groups in total. The summed E-state index contributed by atoms with van der Waals surface area (Å²) < 4.78 is 39.9. The van der Waals surface area contributed by atoms with Gasteiger partial charge < -0.3 is 4.90 Å². The molecule has 12 heteroatoms. The van der Waals surface area contributed by atoms with E-state index in [9.17, 15) is 33.4 Å². The number of hydrogen-bond donors (Lipinski definition) is 0. The number of thiocyanates is 1. The highest BCUT2D eigenvalue weighted by Crippen LogP contribution is 2.50. The number of anilines is 1. The van der Waals surface area contributed by atoms with Gasteiger partial charge in [0.05, 0.1) is 15.4 Å². The fraction of sp³-hybridized carbons (Fsp3) is 0.500. The predicted octanol–water partition coefficient (Wildman–Crippen LogP) is 4.72. The molecule has 8 nitrogen and oxygen atoms in total. The van der Waals surface area contributed by atoms with Crippen LogP contribution in [0.25, 0.3) is 0 Å². The fourth-order valence-electron chi connectivity index (χ4n) is 2.48. The topological polar surface area (TPSA) is 113 Å². The molecule has 0 aliphatic carbocycles. The van der Waals surface area contributed by atoms with Gasteiger partial charge >= 0.3 is 11.9 Å². The van der Waals surface area contributed by atoms with Crippen molar-refractivity contribution in [2.45, 2.75) is 37.8 Å². The van der Waals surface area contributed by atoms with E-state index < -0.39 is 43.5 Å². The molecule has 0 aromatic heterocycles. The summed E-state index contributed by atoms with van der Waals surface area (Å²) >= 11 is -0.0335. The van der Waals surface area contributed by atoms with E-state index in [2.05, 4.69) is 0 Å². The second-order valence-corrected chi connectivity index (χ2v) is 5.96. The van der Waals surface area contributed by atoms with Gasteiger partial charge in [0.2, 0.25) is 0 Å². The molecular formula is C14H15F3N4O4S. The molecule has 0 bridgehead atoms. The first-order chi connectivity index (χ1) is 12.1. The molecule has 0 amide bonds. The Balaban J connectivity index is 4.02. The van der Waals surface area contributed by atoms with Gasteiger partial charge in [0.1, 0.15) is 10.3 Å². The average Bonchev–Trinajstić information content (AvgIpc) is 2.52. The molecule has 0 aliphatic rings. The summed E-state index contributed by atoms with van der Waals surface area (Å²) in [5.74, 6) is 0. The van der Waals surface area contributed by atoms with E-state index >= 15 is 0 Å². The predicted molar refractivity (Wildman–Crippen MR) is 89.0 cm³/mol. The molecule has 0 unspecified atom stereocenters. The Labute approximate surface area is 150 Å². The number of nitro benzene ring substituents is 2. The van der Waals surface area contributed by atoms with Crippen LogP contribution in [-0.4, -0.2) is 22.9 Å². The molecule has 0 saturated carbocycles. The van der Waals surface area contributed by atoms with Crippen molar-refractivity contribution in [2.24, 2.45) is 0 Å². The van der Waals surface area contributed by atoms with Gasteiger partial charge in [-0.3, -0.25) is 20.2 Å². The highest BCUT2D eigenvalue weighted by molar-refractivity contribution is 8.04. The van der Waals surface area contributed by atoms with Gasteiger partial charge in [-0.15, -0.1) is 0 Å². The standard InChI is InChI=1S/C14H15F3N4O4S/c1-3-5-19(6-4-2)11-10(20(22)23)7-9(14(15,16)17)13(26-8-18)12(11)21(24)25/h7H,3-6H2,1-2H3. The minimum absolute atomic E-state index is 0.0335. The summed E-state index contributed by atoms with van der Waals surface area (Å²) in [5, 5.41) is 33.1. The third kappa shape index (κ3) is 4.54. The number of alkyl halides is 3. The number of hydrogen-bond acceptors (Lipinski definition) is 7. The van der Waals surface area contributed by atoms with Crippen molar-refractivity contribution in [3.8, 4) is 5.40 Å². The van der Waals surface area contributed by atoms with E-state index in [1.54, 1.807) is 13.8 Å². The van der Waals surface area contributed by atoms with E-state index in [1.807, 2.05) is 0 Å². The van der Waals surface area contributed by atoms with Crippen LogP contribution in [0.1, 0.15) is 32.3 Å². The molecule has 26 heavy (non-hydrogen) atoms. The van der Waals surface area contributed by atoms with Crippen molar-refractivity contribution in [3.63, 3.8) is 0 Å². The van der Waals surface area contributed by atoms with Crippen LogP contribution in [0.3, 0.4) is 0 Å². The monoisotopic (exact) mass is 392 g/mol. The lowest BCUT2D eigenvalue weighted by atomic mass is 10.1. The molecule has 0 heterocycles. The number of nitro groups is 2. The van der Waals surface area contributed by atoms with Gasteiger partial charge in [0, 0.05) is 19.2 Å². The maximum absolute atomic E-state index is 13.3. The lowest BCUT2D eigenvalue weighted by Gasteiger charge is -2.24. The van der Waals surface area contributed by atoms with E-state index in [0.29, 0.717) is 12.8 Å². The Hall–Kier alpha value is -2.55. The minimum atomic E-state index is -5.09. The zero-order valence-corrected chi connectivity index (χ0v) is 14.7. The van der Waals surface area contributed by atoms with Crippen LogP contribution >= 0.6 is 11.8 Å². The SMILES string of the molecule is CCCN(CCC)c1c([N+](=O)[O-])cc(C(F)(F)F)c(SC#N)c1[N+](=O)[O-]. The van der Waals surface area contributed by atoms with E-state index in [1.165, 1.54) is 10.3 Å². The summed E-state index contributed by atoms with van der Waals surface area (Å²) in [6.07, 6.45) is -4.15. The third-order valence-corrected chi connectivity index (χ3v) is 4.05. The molecule has 1 aromatic rings. The molecule has 0 fully saturated rings. The Morgan fingerprint density at radius 2 is 1.73 bits per heavy atom. The van der Waals surface area contributed by atoms with Crippen molar-refractivity contribution in [2.75, 3.05) is 18.0 Å². The lowest BCUT2D eigenvalue weighted by Crippen LogP contribution is -2.27. The minimum Gasteiger partial charge on any atom is -0.360 e. The van der Waals surface area contributed by atoms with Crippen LogP contribution in [-0.2, 0) is 6.18 Å². The summed E-state index contributed by atoms with van der Waals surface area (Å²) in [7, 11) is 0. The maximum atomic E-state index is 13.3. The molecule has 0 aliphatic heterocycles. The average molecular weight is 392 g/mol. The summed E-state index contributed by atoms with van der Waals surface area (Å²) in [4.78, 5) is 21.1. The van der Waals surface area contributed by atoms with Crippen LogP contribution in [0.15, 0.2) is 11.0 Å². The number of benzene rings is 1. The van der Waals surface area contributed by atoms with Gasteiger partial charge in [-0.25, -0.2) is 0 Å². The van der Waals surface area contributed by atoms with Crippen molar-refractivity contribution >= 4 is 28.8 Å². The van der Waals surface area contributed by atoms with Crippen LogP contribution in [0.5, 0.6) is 0 Å². The van der Waals surface area contributed by atoms with Crippen molar-refractivity contribution in [1.82, 2.24) is 0 Å². The molecule has 0 radical (unpaired) electrons. The van der Waals surface area contributed by atoms with Crippen LogP contribution in [0.2, 0.25) is 0 Å². The maximum Gasteiger partial charge on any atom is 0.418 e. The van der Waals surface area contributed by atoms with Crippen molar-refractivity contribution in [1.29, 1.82) is 5.26 Å². The van der Waals surface area contributed by atoms with Gasteiger partial charge in [-0.05, 0) is 24.6 Å². The highest BCUT2D eigenvalue weighted by atomic mass is 32.2. The van der Waals surface area contributed by atoms with Crippen LogP contribution < -0.4 is 4.90 Å². The number of nitriles is 1. The Morgan fingerprint density at radius 3 is 2.08 bits per heavy atom. The van der Waals surface area contributed by atoms with E-state index in [4.69, 9.17) is 5.26 Å². The summed E-state index contributed by atoms with van der Waals surface area (Å²) in [6.45, 7) is 3.82. The number of thioether (sulfide) groups is 1. The van der Waals surface area contributed by atoms with E-state index in [-0.39, 0.29) is 30.9 Å². The Morgan fingerprint density at radius 1 is 1.19 bits per heavy atom. The summed E-state index contributed by atoms with van der Waals surface area (Å²) in [6, 6.07) is 0.264. The second-order valence-electron chi connectivity index (χ2n) is 5.16. The molecule has 1 aromatic carbocycles. The fourth-order valence-corrected chi connectivity index (χ4v) is 3.13. The first-order valence-electron chi connectivity index (χ1n) is 7.47. The second kappa shape index (κ2) is 8.70. The highest BCUT2D eigenvalue weighted by Gasteiger charge is 2.44. The van der Waals surface area contributed by atoms with Crippen LogP contribution in [0, 0.1) is 30.9 Å². The molecule has 0 atom stereocenters. The first-order valence-corrected chi connectivity index (χ1v) is 8.29. The Kier molecular flexibility index (Phi) is 7.19. The molecule has 1 rings (SSSR count). The lowest BCUT2D eigenvalue weighted by molar-refractivity contribution is -0.395. The third-order valence-electron chi connectivity index (χ3n) is 3.34. The molecule has 0 saturated heterocycles. The molecule has 142 valence electrons. The number of nitrogens with zero attached hydrogens (tertiary/aromatic N) is 4. The first kappa shape index (κ1) is 21.5. The van der Waals surface area contributed by atoms with Gasteiger partial charge in [0.15, 0.2) is 5.69 Å². The van der Waals surface area contributed by atoms with Crippen LogP contribution in [0.4, 0.5) is 30.2 Å². The van der Waals surface area contributed by atoms with Gasteiger partial charge in [-0.1, -0.05) is 13.8 Å².